The van der Waals surface area contributed by atoms with Gasteiger partial charge in [0, 0.05) is 36.2 Å². The molecule has 0 N–H and O–H groups in total. The van der Waals surface area contributed by atoms with Crippen molar-refractivity contribution >= 4 is 49.1 Å². The van der Waals surface area contributed by atoms with E-state index in [2.05, 4.69) is 57.5 Å². The van der Waals surface area contributed by atoms with Crippen LogP contribution in [0.3, 0.4) is 0 Å². The van der Waals surface area contributed by atoms with Crippen molar-refractivity contribution in [3.05, 3.63) is 19.2 Å². The molecule has 2 heterocycles. The Morgan fingerprint density at radius 2 is 1.79 bits per heavy atom. The smallest absolute Gasteiger partial charge is 0.264 e. The van der Waals surface area contributed by atoms with Gasteiger partial charge >= 0.3 is 0 Å². The number of carbonyl (C=O) groups is 1. The van der Waals surface area contributed by atoms with Crippen LogP contribution in [0.25, 0.3) is 0 Å². The topological polar surface area (TPSA) is 23.6 Å². The number of nitrogens with zero attached hydrogens (tertiary/aromatic N) is 2. The first-order chi connectivity index (χ1) is 8.79. The molecule has 1 saturated heterocycles. The molecule has 106 valence electrons. The second-order valence-electron chi connectivity index (χ2n) is 5.68. The number of rotatable bonds is 1. The summed E-state index contributed by atoms with van der Waals surface area (Å²) in [6.07, 6.45) is 0. The summed E-state index contributed by atoms with van der Waals surface area (Å²) in [5, 5.41) is 0. The molecule has 0 aliphatic carbocycles. The molecule has 0 aromatic carbocycles. The fourth-order valence-electron chi connectivity index (χ4n) is 2.19. The first-order valence-corrected chi connectivity index (χ1v) is 8.68. The van der Waals surface area contributed by atoms with Gasteiger partial charge in [-0.1, -0.05) is 0 Å². The van der Waals surface area contributed by atoms with Crippen molar-refractivity contribution < 1.29 is 4.79 Å². The summed E-state index contributed by atoms with van der Waals surface area (Å²) in [7, 11) is 0. The number of hydrogen-bond donors (Lipinski definition) is 0. The molecule has 6 heteroatoms. The van der Waals surface area contributed by atoms with Crippen molar-refractivity contribution in [3.63, 3.8) is 0 Å². The highest BCUT2D eigenvalue weighted by Crippen LogP contribution is 2.33. The fourth-order valence-corrected chi connectivity index (χ4v) is 4.19. The number of amides is 1. The van der Waals surface area contributed by atoms with Gasteiger partial charge < -0.3 is 4.90 Å². The summed E-state index contributed by atoms with van der Waals surface area (Å²) in [5.74, 6) is 0.143. The summed E-state index contributed by atoms with van der Waals surface area (Å²) < 4.78 is 1.93. The van der Waals surface area contributed by atoms with Gasteiger partial charge in [0.25, 0.3) is 5.91 Å². The Morgan fingerprint density at radius 1 is 1.21 bits per heavy atom. The van der Waals surface area contributed by atoms with Crippen LogP contribution in [0.4, 0.5) is 0 Å². The molecule has 2 rings (SSSR count). The quantitative estimate of drug-likeness (QED) is 0.703. The number of piperazine rings is 1. The first kappa shape index (κ1) is 15.5. The van der Waals surface area contributed by atoms with Crippen LogP contribution in [0.2, 0.25) is 0 Å². The second-order valence-corrected chi connectivity index (χ2v) is 8.91. The Balaban J connectivity index is 2.00. The van der Waals surface area contributed by atoms with E-state index in [1.807, 2.05) is 11.0 Å². The van der Waals surface area contributed by atoms with Crippen LogP contribution >= 0.6 is 43.2 Å². The van der Waals surface area contributed by atoms with Gasteiger partial charge in [0.05, 0.1) is 8.66 Å². The van der Waals surface area contributed by atoms with Gasteiger partial charge in [-0.25, -0.2) is 0 Å². The molecule has 0 spiro atoms. The third-order valence-electron chi connectivity index (χ3n) is 3.37. The van der Waals surface area contributed by atoms with E-state index in [9.17, 15) is 4.79 Å². The maximum Gasteiger partial charge on any atom is 0.264 e. The minimum Gasteiger partial charge on any atom is -0.335 e. The Morgan fingerprint density at radius 3 is 2.21 bits per heavy atom. The molecule has 1 aromatic heterocycles. The van der Waals surface area contributed by atoms with E-state index in [1.54, 1.807) is 0 Å². The van der Waals surface area contributed by atoms with E-state index < -0.39 is 0 Å². The monoisotopic (exact) mass is 408 g/mol. The molecule has 1 fully saturated rings. The maximum atomic E-state index is 12.4. The molecule has 1 aliphatic heterocycles. The standard InChI is InChI=1S/C13H18Br2N2OS/c1-13(2,3)17-6-4-16(5-7-17)12(18)10-8-9(14)11(15)19-10/h8H,4-7H2,1-3H3. The lowest BCUT2D eigenvalue weighted by Crippen LogP contribution is -2.54. The molecule has 0 atom stereocenters. The molecule has 1 aliphatic rings. The molecular weight excluding hydrogens is 392 g/mol. The highest BCUT2D eigenvalue weighted by Gasteiger charge is 2.28. The molecule has 3 nitrogen and oxygen atoms in total. The number of carbonyl (C=O) groups excluding carboxylic acids is 1. The summed E-state index contributed by atoms with van der Waals surface area (Å²) in [6, 6.07) is 1.90. The van der Waals surface area contributed by atoms with E-state index >= 15 is 0 Å². The van der Waals surface area contributed by atoms with Crippen LogP contribution in [-0.4, -0.2) is 47.4 Å². The minimum atomic E-state index is 0.143. The van der Waals surface area contributed by atoms with Gasteiger partial charge in [0.1, 0.15) is 0 Å². The fraction of sp³-hybridized carbons (Fsp3) is 0.615. The van der Waals surface area contributed by atoms with Gasteiger partial charge in [0.15, 0.2) is 0 Å². The first-order valence-electron chi connectivity index (χ1n) is 6.28. The minimum absolute atomic E-state index is 0.143. The Bertz CT molecular complexity index is 454. The lowest BCUT2D eigenvalue weighted by molar-refractivity contribution is 0.0454. The van der Waals surface area contributed by atoms with Crippen LogP contribution in [0.15, 0.2) is 14.3 Å². The van der Waals surface area contributed by atoms with E-state index in [-0.39, 0.29) is 11.4 Å². The third kappa shape index (κ3) is 3.60. The highest BCUT2D eigenvalue weighted by molar-refractivity contribution is 9.13. The normalized spacial score (nSPS) is 17.8. The molecule has 0 saturated carbocycles. The summed E-state index contributed by atoms with van der Waals surface area (Å²) in [4.78, 5) is 17.6. The van der Waals surface area contributed by atoms with E-state index in [0.717, 1.165) is 39.3 Å². The van der Waals surface area contributed by atoms with Crippen LogP contribution in [-0.2, 0) is 0 Å². The van der Waals surface area contributed by atoms with Crippen LogP contribution in [0.5, 0.6) is 0 Å². The largest absolute Gasteiger partial charge is 0.335 e. The average molecular weight is 410 g/mol. The van der Waals surface area contributed by atoms with Crippen LogP contribution < -0.4 is 0 Å². The predicted octanol–water partition coefficient (Wildman–Crippen LogP) is 3.83. The van der Waals surface area contributed by atoms with E-state index in [0.29, 0.717) is 0 Å². The summed E-state index contributed by atoms with van der Waals surface area (Å²) in [5.41, 5.74) is 0.185. The maximum absolute atomic E-state index is 12.4. The van der Waals surface area contributed by atoms with Gasteiger partial charge in [-0.2, -0.15) is 0 Å². The molecule has 0 bridgehead atoms. The van der Waals surface area contributed by atoms with Crippen molar-refractivity contribution in [1.29, 1.82) is 0 Å². The van der Waals surface area contributed by atoms with Crippen molar-refractivity contribution in [2.24, 2.45) is 0 Å². The molecule has 0 radical (unpaired) electrons. The molecule has 1 amide bonds. The lowest BCUT2D eigenvalue weighted by atomic mass is 10.0. The zero-order chi connectivity index (χ0) is 14.2. The van der Waals surface area contributed by atoms with Crippen molar-refractivity contribution in [1.82, 2.24) is 9.80 Å². The van der Waals surface area contributed by atoms with Crippen molar-refractivity contribution in [2.45, 2.75) is 26.3 Å². The third-order valence-corrected chi connectivity index (χ3v) is 6.62. The van der Waals surface area contributed by atoms with E-state index in [1.165, 1.54) is 11.3 Å². The molecular formula is C13H18Br2N2OS. The van der Waals surface area contributed by atoms with Crippen LogP contribution in [0, 0.1) is 0 Å². The molecule has 0 unspecified atom stereocenters. The average Bonchev–Trinajstić information content (AvgIpc) is 2.68. The summed E-state index contributed by atoms with van der Waals surface area (Å²) >= 11 is 8.35. The van der Waals surface area contributed by atoms with Gasteiger partial charge in [-0.3, -0.25) is 9.69 Å². The number of hydrogen-bond acceptors (Lipinski definition) is 3. The van der Waals surface area contributed by atoms with Crippen molar-refractivity contribution in [3.8, 4) is 0 Å². The van der Waals surface area contributed by atoms with Gasteiger partial charge in [-0.05, 0) is 58.7 Å². The SMILES string of the molecule is CC(C)(C)N1CCN(C(=O)c2cc(Br)c(Br)s2)CC1. The van der Waals surface area contributed by atoms with E-state index in [4.69, 9.17) is 0 Å². The zero-order valence-electron chi connectivity index (χ0n) is 11.4. The van der Waals surface area contributed by atoms with Crippen LogP contribution in [0.1, 0.15) is 30.4 Å². The number of halogens is 2. The molecule has 1 aromatic rings. The Hall–Kier alpha value is 0.0900. The summed E-state index contributed by atoms with van der Waals surface area (Å²) in [6.45, 7) is 10.2. The zero-order valence-corrected chi connectivity index (χ0v) is 15.4. The highest BCUT2D eigenvalue weighted by atomic mass is 79.9. The Kier molecular flexibility index (Phi) is 4.75. The second kappa shape index (κ2) is 5.84. The predicted molar refractivity (Wildman–Crippen MR) is 86.9 cm³/mol. The van der Waals surface area contributed by atoms with Gasteiger partial charge in [0.2, 0.25) is 0 Å². The molecule has 19 heavy (non-hydrogen) atoms. The van der Waals surface area contributed by atoms with Crippen molar-refractivity contribution in [2.75, 3.05) is 26.2 Å². The number of thiophene rings is 1. The van der Waals surface area contributed by atoms with Gasteiger partial charge in [-0.15, -0.1) is 11.3 Å². The lowest BCUT2D eigenvalue weighted by Gasteiger charge is -2.42. The Labute approximate surface area is 135 Å².